The molecule has 0 atom stereocenters. The van der Waals surface area contributed by atoms with Crippen molar-refractivity contribution in [1.82, 2.24) is 0 Å². The summed E-state index contributed by atoms with van der Waals surface area (Å²) in [6, 6.07) is 19.2. The fraction of sp³-hybridized carbons (Fsp3) is 0.500. The molecule has 0 aromatic heterocycles. The summed E-state index contributed by atoms with van der Waals surface area (Å²) in [5.41, 5.74) is 0. The fourth-order valence-corrected chi connectivity index (χ4v) is 4.08. The van der Waals surface area contributed by atoms with Crippen LogP contribution in [0.2, 0.25) is 26.2 Å². The number of rotatable bonds is 6. The van der Waals surface area contributed by atoms with E-state index in [1.165, 1.54) is 0 Å². The number of hydrogen-bond donors (Lipinski definition) is 0. The molecule has 188 valence electrons. The predicted octanol–water partition coefficient (Wildman–Crippen LogP) is -3.75. The van der Waals surface area contributed by atoms with Gasteiger partial charge in [0.2, 0.25) is 0 Å². The number of ether oxygens (including phenoxy) is 2. The summed E-state index contributed by atoms with van der Waals surface area (Å²) >= 11 is 0. The molecule has 0 N–H and O–H groups in total. The van der Waals surface area contributed by atoms with Gasteiger partial charge in [-0.25, -0.2) is 0 Å². The molecule has 0 aliphatic heterocycles. The van der Waals surface area contributed by atoms with E-state index >= 15 is 0 Å². The van der Waals surface area contributed by atoms with Crippen molar-refractivity contribution in [2.75, 3.05) is 26.4 Å². The molecule has 0 saturated carbocycles. The summed E-state index contributed by atoms with van der Waals surface area (Å²) in [7, 11) is -4.57. The molecule has 0 bridgehead atoms. The minimum absolute atomic E-state index is 0. The van der Waals surface area contributed by atoms with Crippen molar-refractivity contribution in [1.29, 1.82) is 0 Å². The van der Waals surface area contributed by atoms with Crippen molar-refractivity contribution in [3.8, 4) is 0 Å². The first-order valence-electron chi connectivity index (χ1n) is 10.7. The van der Waals surface area contributed by atoms with Crippen LogP contribution in [0.25, 0.3) is 0 Å². The van der Waals surface area contributed by atoms with Gasteiger partial charge in [-0.1, -0.05) is 97.2 Å². The zero-order chi connectivity index (χ0) is 23.5. The van der Waals surface area contributed by atoms with Crippen molar-refractivity contribution in [3.63, 3.8) is 0 Å². The Morgan fingerprint density at radius 2 is 0.735 bits per heavy atom. The van der Waals surface area contributed by atoms with Gasteiger partial charge in [0, 0.05) is 26.4 Å². The van der Waals surface area contributed by atoms with Crippen LogP contribution in [0.15, 0.2) is 60.7 Å². The van der Waals surface area contributed by atoms with E-state index in [1.807, 2.05) is 115 Å². The molecule has 0 fully saturated rings. The monoisotopic (exact) mass is 656 g/mol. The second kappa shape index (κ2) is 30.4. The van der Waals surface area contributed by atoms with Crippen LogP contribution in [0.5, 0.6) is 0 Å². The van der Waals surface area contributed by atoms with Crippen molar-refractivity contribution in [3.05, 3.63) is 60.7 Å². The number of benzene rings is 2. The molecule has 0 spiro atoms. The topological polar surface area (TPSA) is 64.6 Å². The zero-order valence-electron chi connectivity index (χ0n) is 22.4. The first kappa shape index (κ1) is 48.3. The van der Waals surface area contributed by atoms with Gasteiger partial charge in [-0.2, -0.15) is 0 Å². The van der Waals surface area contributed by atoms with E-state index in [9.17, 15) is 9.59 Å². The molecule has 2 aromatic carbocycles. The largest absolute Gasteiger partial charge is 2.00 e. The molecule has 34 heavy (non-hydrogen) atoms. The van der Waals surface area contributed by atoms with Crippen LogP contribution in [0.3, 0.4) is 0 Å². The van der Waals surface area contributed by atoms with Gasteiger partial charge in [0.25, 0.3) is 0 Å². The average Bonchev–Trinajstić information content (AvgIpc) is 2.71. The predicted molar refractivity (Wildman–Crippen MR) is 143 cm³/mol. The Labute approximate surface area is 264 Å². The Kier molecular flexibility index (Phi) is 43.2. The van der Waals surface area contributed by atoms with Gasteiger partial charge in [0.1, 0.15) is 0 Å². The fourth-order valence-electron chi connectivity index (χ4n) is 2.09. The first-order chi connectivity index (χ1) is 14.0. The minimum atomic E-state index is -2.28. The van der Waals surface area contributed by atoms with Crippen LogP contribution in [-0.4, -0.2) is 89.2 Å². The Morgan fingerprint density at radius 1 is 0.529 bits per heavy atom. The van der Waals surface area contributed by atoms with E-state index in [4.69, 9.17) is 9.47 Å². The molecule has 0 radical (unpaired) electrons. The Morgan fingerprint density at radius 3 is 0.824 bits per heavy atom. The van der Waals surface area contributed by atoms with E-state index in [0.717, 1.165) is 36.8 Å². The van der Waals surface area contributed by atoms with Crippen LogP contribution in [0, 0.1) is 0 Å². The zero-order valence-corrected chi connectivity index (χ0v) is 30.4. The van der Waals surface area contributed by atoms with Gasteiger partial charge in [-0.15, -0.1) is 0 Å². The van der Waals surface area contributed by atoms with Crippen LogP contribution in [0.1, 0.15) is 27.7 Å². The van der Waals surface area contributed by atoms with Crippen molar-refractivity contribution >= 4 is 73.1 Å². The summed E-state index contributed by atoms with van der Waals surface area (Å²) in [6.07, 6.45) is 0. The maximum Gasteiger partial charge on any atom is 2.00 e. The van der Waals surface area contributed by atoms with Crippen molar-refractivity contribution in [2.24, 2.45) is 0 Å². The Hall–Kier alpha value is 1.21. The quantitative estimate of drug-likeness (QED) is 0.300. The second-order valence-electron chi connectivity index (χ2n) is 7.32. The molecule has 0 unspecified atom stereocenters. The Bertz CT molecular complexity index is 556. The molecule has 0 amide bonds. The van der Waals surface area contributed by atoms with Gasteiger partial charge < -0.3 is 53.0 Å². The average molecular weight is 659 g/mol. The molecule has 0 heterocycles. The maximum atomic E-state index is 11.4. The molecule has 0 aliphatic rings. The van der Waals surface area contributed by atoms with E-state index in [2.05, 4.69) is 0 Å². The van der Waals surface area contributed by atoms with Crippen molar-refractivity contribution < 1.29 is 53.0 Å². The third-order valence-electron chi connectivity index (χ3n) is 3.75. The maximum absolute atomic E-state index is 11.4. The molecule has 2 rings (SSSR count). The summed E-state index contributed by atoms with van der Waals surface area (Å²) in [6.45, 7) is 18.6. The van der Waals surface area contributed by atoms with Crippen molar-refractivity contribution in [2.45, 2.75) is 53.9 Å². The van der Waals surface area contributed by atoms with Crippen LogP contribution >= 0.6 is 0 Å². The van der Waals surface area contributed by atoms with E-state index < -0.39 is 16.6 Å². The van der Waals surface area contributed by atoms with E-state index in [0.29, 0.717) is 0 Å². The third kappa shape index (κ3) is 31.2. The van der Waals surface area contributed by atoms with Gasteiger partial charge >= 0.3 is 46.1 Å². The molecular formula is C24H42Br2Mg2O4Si2. The standard InChI is InChI=1S/2C8H11OSi.2C4H10O.2BrH.2Mg/c2*1-10(2,9)8-6-4-3-5-7-8;2*1-3-5-4-2;;;;/h2*3-7H,1-2H3;2*3-4H2,1-2H3;2*1H;;/q2*-1;;;;;2*+2/p-2. The Balaban J connectivity index is -0.0000000776. The number of halogens is 2. The van der Waals surface area contributed by atoms with E-state index in [-0.39, 0.29) is 80.1 Å². The molecule has 0 saturated heterocycles. The summed E-state index contributed by atoms with van der Waals surface area (Å²) < 4.78 is 9.67. The SMILES string of the molecule is CCOCC.CCOCC.C[Si](C)([O-])c1ccccc1.C[Si](C)([O-])c1ccccc1.[Br-].[Br-].[Mg+2].[Mg+2]. The van der Waals surface area contributed by atoms with Crippen LogP contribution in [0.4, 0.5) is 0 Å². The van der Waals surface area contributed by atoms with Gasteiger partial charge in [0.05, 0.1) is 0 Å². The molecular weight excluding hydrogens is 617 g/mol. The third-order valence-corrected chi connectivity index (χ3v) is 7.20. The molecule has 4 nitrogen and oxygen atoms in total. The van der Waals surface area contributed by atoms with Crippen LogP contribution < -0.4 is 53.9 Å². The van der Waals surface area contributed by atoms with Gasteiger partial charge in [-0.05, 0) is 44.3 Å². The smallest absolute Gasteiger partial charge is 1.00 e. The normalized spacial score (nSPS) is 9.24. The van der Waals surface area contributed by atoms with Gasteiger partial charge in [0.15, 0.2) is 0 Å². The minimum Gasteiger partial charge on any atom is -1.00 e. The number of hydrogen-bond acceptors (Lipinski definition) is 4. The molecule has 0 aliphatic carbocycles. The van der Waals surface area contributed by atoms with Crippen LogP contribution in [-0.2, 0) is 9.47 Å². The summed E-state index contributed by atoms with van der Waals surface area (Å²) in [5.74, 6) is 0. The molecule has 10 heteroatoms. The summed E-state index contributed by atoms with van der Waals surface area (Å²) in [5, 5.41) is 1.96. The van der Waals surface area contributed by atoms with E-state index in [1.54, 1.807) is 0 Å². The van der Waals surface area contributed by atoms with Gasteiger partial charge in [-0.3, -0.25) is 0 Å². The molecule has 2 aromatic rings. The second-order valence-corrected chi connectivity index (χ2v) is 14.5. The summed E-state index contributed by atoms with van der Waals surface area (Å²) in [4.78, 5) is 22.9. The first-order valence-corrected chi connectivity index (χ1v) is 16.5.